The van der Waals surface area contributed by atoms with Gasteiger partial charge in [0.15, 0.2) is 0 Å². The zero-order valence-electron chi connectivity index (χ0n) is 18.4. The van der Waals surface area contributed by atoms with Crippen molar-refractivity contribution in [2.24, 2.45) is 0 Å². The molecule has 0 bridgehead atoms. The summed E-state index contributed by atoms with van der Waals surface area (Å²) in [7, 11) is 2.85. The van der Waals surface area contributed by atoms with Gasteiger partial charge in [0.2, 0.25) is 0 Å². The van der Waals surface area contributed by atoms with Crippen LogP contribution < -0.4 is 0 Å². The second-order valence-electron chi connectivity index (χ2n) is 8.41. The van der Waals surface area contributed by atoms with Crippen molar-refractivity contribution in [3.05, 3.63) is 65.1 Å². The minimum absolute atomic E-state index is 0.420. The Hall–Kier alpha value is -0.0700. The number of aliphatic hydroxyl groups excluding tert-OH is 1. The van der Waals surface area contributed by atoms with Crippen LogP contribution in [-0.4, -0.2) is 67.1 Å². The summed E-state index contributed by atoms with van der Waals surface area (Å²) in [6.45, 7) is 3.66. The second-order valence-corrected chi connectivity index (χ2v) is 11.4. The van der Waals surface area contributed by atoms with Crippen LogP contribution in [0, 0.1) is 30.8 Å². The van der Waals surface area contributed by atoms with Crippen LogP contribution in [-0.2, 0) is 9.47 Å². The Balaban J connectivity index is 1.64. The number of nitrogens with zero attached hydrogens (tertiary/aromatic N) is 2. The highest BCUT2D eigenvalue weighted by Gasteiger charge is 2.49. The Morgan fingerprint density at radius 2 is 1.65 bits per heavy atom. The van der Waals surface area contributed by atoms with E-state index in [0.29, 0.717) is 12.1 Å². The molecule has 4 rings (SSSR count). The molecule has 1 aromatic carbocycles. The Morgan fingerprint density at radius 1 is 1.03 bits per heavy atom. The Kier molecular flexibility index (Phi) is 8.83. The van der Waals surface area contributed by atoms with Gasteiger partial charge in [0.1, 0.15) is 0 Å². The smallest absolute Gasteiger partial charge is 0.0877 e. The molecule has 31 heavy (non-hydrogen) atoms. The standard InChI is InChI=1S/C24H33BrN2O3P/c1-29-16-18-8-6-14-26(18)31(27-15-7-9-19(27)17-30-2)23-13-5-11-21(23)24(28)20-10-3-4-12-22(20)25/h3-5,10-13,18-19,24,28H,6-9,14-17H2,1-2H3/t18-,19-,24+/m0/s1. The van der Waals surface area contributed by atoms with Crippen LogP contribution in [0.2, 0.25) is 0 Å². The van der Waals surface area contributed by atoms with E-state index in [-0.39, 0.29) is 0 Å². The zero-order chi connectivity index (χ0) is 21.8. The quantitative estimate of drug-likeness (QED) is 0.488. The maximum Gasteiger partial charge on any atom is 0.0877 e. The number of methoxy groups -OCH3 is 2. The Labute approximate surface area is 197 Å². The first-order chi connectivity index (χ1) is 15.2. The second kappa shape index (κ2) is 11.4. The van der Waals surface area contributed by atoms with Crippen LogP contribution in [0.5, 0.6) is 0 Å². The van der Waals surface area contributed by atoms with Crippen molar-refractivity contribution in [2.75, 3.05) is 40.5 Å². The molecule has 5 nitrogen and oxygen atoms in total. The van der Waals surface area contributed by atoms with E-state index in [1.165, 1.54) is 18.5 Å². The van der Waals surface area contributed by atoms with Crippen LogP contribution >= 0.6 is 24.2 Å². The normalized spacial score (nSPS) is 27.6. The van der Waals surface area contributed by atoms with Gasteiger partial charge in [-0.25, -0.2) is 0 Å². The predicted octanol–water partition coefficient (Wildman–Crippen LogP) is 4.75. The molecule has 3 aliphatic rings. The van der Waals surface area contributed by atoms with Crippen LogP contribution in [0.1, 0.15) is 37.4 Å². The molecule has 1 N–H and O–H groups in total. The molecule has 0 aromatic heterocycles. The van der Waals surface area contributed by atoms with Crippen LogP contribution in [0.4, 0.5) is 0 Å². The van der Waals surface area contributed by atoms with E-state index in [9.17, 15) is 5.11 Å². The number of hydrogen-bond donors (Lipinski definition) is 1. The van der Waals surface area contributed by atoms with E-state index in [4.69, 9.17) is 9.47 Å². The third kappa shape index (κ3) is 5.21. The fourth-order valence-corrected chi connectivity index (χ4v) is 8.63. The summed E-state index contributed by atoms with van der Waals surface area (Å²) in [6.07, 6.45) is 10.5. The average molecular weight is 508 g/mol. The lowest BCUT2D eigenvalue weighted by Crippen LogP contribution is -2.40. The van der Waals surface area contributed by atoms with Gasteiger partial charge in [-0.3, -0.25) is 9.34 Å². The third-order valence-corrected chi connectivity index (χ3v) is 10.0. The van der Waals surface area contributed by atoms with Gasteiger partial charge in [0.25, 0.3) is 0 Å². The minimum Gasteiger partial charge on any atom is -0.388 e. The minimum atomic E-state index is -0.745. The number of aliphatic hydroxyl groups is 1. The lowest BCUT2D eigenvalue weighted by atomic mass is 9.94. The summed E-state index contributed by atoms with van der Waals surface area (Å²) in [4.78, 5) is 0. The van der Waals surface area contributed by atoms with Gasteiger partial charge in [0, 0.05) is 63.7 Å². The van der Waals surface area contributed by atoms with Crippen LogP contribution in [0.15, 0.2) is 28.7 Å². The highest BCUT2D eigenvalue weighted by molar-refractivity contribution is 9.10. The van der Waals surface area contributed by atoms with Crippen molar-refractivity contribution in [3.63, 3.8) is 0 Å². The molecule has 1 saturated carbocycles. The first-order valence-electron chi connectivity index (χ1n) is 11.1. The highest BCUT2D eigenvalue weighted by Crippen LogP contribution is 2.66. The maximum absolute atomic E-state index is 11.4. The first kappa shape index (κ1) is 24.1. The third-order valence-electron chi connectivity index (χ3n) is 6.43. The van der Waals surface area contributed by atoms with Crippen LogP contribution in [0.25, 0.3) is 0 Å². The van der Waals surface area contributed by atoms with Crippen molar-refractivity contribution in [1.29, 1.82) is 0 Å². The monoisotopic (exact) mass is 507 g/mol. The van der Waals surface area contributed by atoms with E-state index < -0.39 is 14.3 Å². The Bertz CT molecular complexity index is 687. The van der Waals surface area contributed by atoms with Gasteiger partial charge in [-0.2, -0.15) is 0 Å². The average Bonchev–Trinajstić information content (AvgIpc) is 3.52. The lowest BCUT2D eigenvalue weighted by Gasteiger charge is -2.45. The van der Waals surface area contributed by atoms with Gasteiger partial charge < -0.3 is 14.6 Å². The molecule has 2 saturated heterocycles. The topological polar surface area (TPSA) is 45.2 Å². The summed E-state index contributed by atoms with van der Waals surface area (Å²) in [6, 6.07) is 8.80. The molecule has 2 heterocycles. The summed E-state index contributed by atoms with van der Waals surface area (Å²) in [5.41, 5.74) is 2.18. The lowest BCUT2D eigenvalue weighted by molar-refractivity contribution is 0.137. The molecular formula is C24H33BrN2O3P. The van der Waals surface area contributed by atoms with Gasteiger partial charge in [-0.05, 0) is 56.6 Å². The number of rotatable bonds is 9. The summed E-state index contributed by atoms with van der Waals surface area (Å²) in [5, 5.41) is 11.4. The molecule has 0 amide bonds. The molecule has 3 atom stereocenters. The molecule has 7 heteroatoms. The van der Waals surface area contributed by atoms with E-state index in [0.717, 1.165) is 55.1 Å². The molecular weight excluding hydrogens is 475 g/mol. The van der Waals surface area contributed by atoms with Gasteiger partial charge in [0.05, 0.1) is 19.3 Å². The first-order valence-corrected chi connectivity index (χ1v) is 13.2. The van der Waals surface area contributed by atoms with Gasteiger partial charge in [-0.1, -0.05) is 34.1 Å². The van der Waals surface area contributed by atoms with Crippen LogP contribution in [0.3, 0.4) is 0 Å². The number of benzene rings is 1. The molecule has 2 aliphatic heterocycles. The van der Waals surface area contributed by atoms with Gasteiger partial charge in [-0.15, -0.1) is 0 Å². The number of halogens is 1. The maximum atomic E-state index is 11.4. The predicted molar refractivity (Wildman–Crippen MR) is 129 cm³/mol. The van der Waals surface area contributed by atoms with Crippen molar-refractivity contribution >= 4 is 24.2 Å². The zero-order valence-corrected chi connectivity index (χ0v) is 20.9. The van der Waals surface area contributed by atoms with E-state index in [2.05, 4.69) is 44.5 Å². The largest absolute Gasteiger partial charge is 0.388 e. The molecule has 0 spiro atoms. The molecule has 5 radical (unpaired) electrons. The SMILES string of the molecule is COC[C@@H]1CCCN1P([C]1[CH][CH][CH][C]1[C@H](O)c1ccccc1Br)N1CCC[C@H]1COC. The fraction of sp³-hybridized carbons (Fsp3) is 0.542. The molecule has 1 aliphatic carbocycles. The van der Waals surface area contributed by atoms with Crippen molar-refractivity contribution in [2.45, 2.75) is 43.9 Å². The molecule has 0 unspecified atom stereocenters. The van der Waals surface area contributed by atoms with E-state index in [1.54, 1.807) is 14.2 Å². The summed E-state index contributed by atoms with van der Waals surface area (Å²) >= 11 is 3.63. The van der Waals surface area contributed by atoms with E-state index >= 15 is 0 Å². The van der Waals surface area contributed by atoms with Gasteiger partial charge >= 0.3 is 0 Å². The summed E-state index contributed by atoms with van der Waals surface area (Å²) < 4.78 is 17.5. The number of hydrogen-bond acceptors (Lipinski definition) is 5. The van der Waals surface area contributed by atoms with Crippen molar-refractivity contribution < 1.29 is 14.6 Å². The molecule has 169 valence electrons. The number of ether oxygens (including phenoxy) is 2. The Morgan fingerprint density at radius 3 is 2.23 bits per heavy atom. The molecule has 1 aromatic rings. The van der Waals surface area contributed by atoms with Crippen molar-refractivity contribution in [1.82, 2.24) is 9.34 Å². The highest BCUT2D eigenvalue weighted by atomic mass is 79.9. The fourth-order valence-electron chi connectivity index (χ4n) is 4.99. The molecule has 3 fully saturated rings. The van der Waals surface area contributed by atoms with Crippen molar-refractivity contribution in [3.8, 4) is 0 Å². The van der Waals surface area contributed by atoms with E-state index in [1.807, 2.05) is 24.3 Å². The summed E-state index contributed by atoms with van der Waals surface area (Å²) in [5.74, 6) is 1.02.